The van der Waals surface area contributed by atoms with Gasteiger partial charge in [-0.2, -0.15) is 0 Å². The number of carbonyl (C=O) groups is 2. The predicted octanol–water partition coefficient (Wildman–Crippen LogP) is 3.16. The van der Waals surface area contributed by atoms with Crippen LogP contribution in [-0.2, 0) is 21.4 Å². The minimum absolute atomic E-state index is 0.00918. The van der Waals surface area contributed by atoms with Crippen LogP contribution in [0.25, 0.3) is 0 Å². The molecule has 1 aliphatic rings. The van der Waals surface area contributed by atoms with Gasteiger partial charge in [-0.15, -0.1) is 0 Å². The number of hydrogen-bond donors (Lipinski definition) is 2. The van der Waals surface area contributed by atoms with Crippen molar-refractivity contribution in [3.05, 3.63) is 53.6 Å². The van der Waals surface area contributed by atoms with Crippen LogP contribution in [0, 0.1) is 0 Å². The van der Waals surface area contributed by atoms with E-state index >= 15 is 0 Å². The fourth-order valence-corrected chi connectivity index (χ4v) is 2.96. The van der Waals surface area contributed by atoms with Crippen LogP contribution in [0.1, 0.15) is 25.0 Å². The van der Waals surface area contributed by atoms with E-state index in [0.29, 0.717) is 0 Å². The second-order valence-corrected chi connectivity index (χ2v) is 7.13. The highest BCUT2D eigenvalue weighted by molar-refractivity contribution is 6.05. The second-order valence-electron chi connectivity index (χ2n) is 7.13. The molecular weight excluding hydrogens is 314 g/mol. The van der Waals surface area contributed by atoms with Crippen molar-refractivity contribution < 1.29 is 9.59 Å². The molecule has 5 nitrogen and oxygen atoms in total. The molecule has 2 aromatic rings. The minimum atomic E-state index is -0.566. The third kappa shape index (κ3) is 3.36. The molecular formula is C20H23N3O2. The molecule has 0 saturated heterocycles. The molecule has 1 heterocycles. The SMILES string of the molecule is CN(C)c1ccc(NC(=O)Cc2ccc3c(c2)C(C)(C)C(=O)N3)cc1. The Kier molecular flexibility index (Phi) is 4.25. The highest BCUT2D eigenvalue weighted by atomic mass is 16.2. The molecule has 0 aromatic heterocycles. The van der Waals surface area contributed by atoms with Crippen LogP contribution in [0.3, 0.4) is 0 Å². The van der Waals surface area contributed by atoms with Crippen molar-refractivity contribution in [2.24, 2.45) is 0 Å². The minimum Gasteiger partial charge on any atom is -0.378 e. The molecule has 2 aromatic carbocycles. The van der Waals surface area contributed by atoms with Gasteiger partial charge in [0.15, 0.2) is 0 Å². The van der Waals surface area contributed by atoms with Crippen molar-refractivity contribution in [3.63, 3.8) is 0 Å². The van der Waals surface area contributed by atoms with E-state index in [1.165, 1.54) is 0 Å². The summed E-state index contributed by atoms with van der Waals surface area (Å²) in [5.41, 5.74) is 3.95. The van der Waals surface area contributed by atoms with Crippen molar-refractivity contribution >= 4 is 28.9 Å². The van der Waals surface area contributed by atoms with Gasteiger partial charge in [0.2, 0.25) is 11.8 Å². The number of rotatable bonds is 4. The summed E-state index contributed by atoms with van der Waals surface area (Å²) in [4.78, 5) is 26.3. The Morgan fingerprint density at radius 2 is 1.80 bits per heavy atom. The van der Waals surface area contributed by atoms with Gasteiger partial charge in [-0.25, -0.2) is 0 Å². The van der Waals surface area contributed by atoms with Gasteiger partial charge in [0.05, 0.1) is 11.8 Å². The summed E-state index contributed by atoms with van der Waals surface area (Å²) in [6.45, 7) is 3.79. The molecule has 1 aliphatic heterocycles. The molecule has 2 amide bonds. The molecule has 0 unspecified atom stereocenters. The van der Waals surface area contributed by atoms with Gasteiger partial charge in [-0.1, -0.05) is 12.1 Å². The first-order valence-electron chi connectivity index (χ1n) is 8.29. The van der Waals surface area contributed by atoms with E-state index in [4.69, 9.17) is 0 Å². The zero-order chi connectivity index (χ0) is 18.2. The Labute approximate surface area is 148 Å². The molecule has 5 heteroatoms. The molecule has 0 bridgehead atoms. The molecule has 3 rings (SSSR count). The molecule has 0 atom stereocenters. The van der Waals surface area contributed by atoms with Crippen LogP contribution >= 0.6 is 0 Å². The molecule has 0 fully saturated rings. The van der Waals surface area contributed by atoms with Gasteiger partial charge in [0, 0.05) is 31.2 Å². The maximum absolute atomic E-state index is 12.3. The number of hydrogen-bond acceptors (Lipinski definition) is 3. The van der Waals surface area contributed by atoms with Gasteiger partial charge >= 0.3 is 0 Å². The third-order valence-electron chi connectivity index (χ3n) is 4.61. The van der Waals surface area contributed by atoms with E-state index in [2.05, 4.69) is 10.6 Å². The molecule has 0 aliphatic carbocycles. The topological polar surface area (TPSA) is 61.4 Å². The highest BCUT2D eigenvalue weighted by Crippen LogP contribution is 2.37. The zero-order valence-electron chi connectivity index (χ0n) is 15.0. The number of nitrogens with zero attached hydrogens (tertiary/aromatic N) is 1. The van der Waals surface area contributed by atoms with Crippen molar-refractivity contribution in [3.8, 4) is 0 Å². The molecule has 0 spiro atoms. The van der Waals surface area contributed by atoms with Gasteiger partial charge < -0.3 is 15.5 Å². The van der Waals surface area contributed by atoms with Crippen LogP contribution < -0.4 is 15.5 Å². The smallest absolute Gasteiger partial charge is 0.234 e. The zero-order valence-corrected chi connectivity index (χ0v) is 15.0. The lowest BCUT2D eigenvalue weighted by atomic mass is 9.85. The summed E-state index contributed by atoms with van der Waals surface area (Å²) in [6, 6.07) is 13.4. The van der Waals surface area contributed by atoms with Gasteiger partial charge in [0.1, 0.15) is 0 Å². The van der Waals surface area contributed by atoms with Gasteiger partial charge in [0.25, 0.3) is 0 Å². The van der Waals surface area contributed by atoms with Crippen LogP contribution in [0.4, 0.5) is 17.1 Å². The van der Waals surface area contributed by atoms with Crippen molar-refractivity contribution in [1.82, 2.24) is 0 Å². The lowest BCUT2D eigenvalue weighted by Crippen LogP contribution is -2.27. The molecule has 25 heavy (non-hydrogen) atoms. The van der Waals surface area contributed by atoms with Gasteiger partial charge in [-0.05, 0) is 55.3 Å². The summed E-state index contributed by atoms with van der Waals surface area (Å²) < 4.78 is 0. The average molecular weight is 337 g/mol. The summed E-state index contributed by atoms with van der Waals surface area (Å²) in [5.74, 6) is -0.0854. The summed E-state index contributed by atoms with van der Waals surface area (Å²) in [6.07, 6.45) is 0.271. The fraction of sp³-hybridized carbons (Fsp3) is 0.300. The third-order valence-corrected chi connectivity index (χ3v) is 4.61. The first kappa shape index (κ1) is 17.0. The first-order valence-corrected chi connectivity index (χ1v) is 8.29. The Morgan fingerprint density at radius 3 is 2.44 bits per heavy atom. The van der Waals surface area contributed by atoms with Gasteiger partial charge in [-0.3, -0.25) is 9.59 Å². The summed E-state index contributed by atoms with van der Waals surface area (Å²) in [7, 11) is 3.95. The van der Waals surface area contributed by atoms with E-state index in [-0.39, 0.29) is 18.2 Å². The monoisotopic (exact) mass is 337 g/mol. The van der Waals surface area contributed by atoms with E-state index in [0.717, 1.165) is 28.2 Å². The quantitative estimate of drug-likeness (QED) is 0.901. The maximum Gasteiger partial charge on any atom is 0.234 e. The van der Waals surface area contributed by atoms with Crippen LogP contribution in [0.15, 0.2) is 42.5 Å². The predicted molar refractivity (Wildman–Crippen MR) is 101 cm³/mol. The number of amides is 2. The van der Waals surface area contributed by atoms with E-state index in [1.54, 1.807) is 0 Å². The Hall–Kier alpha value is -2.82. The van der Waals surface area contributed by atoms with Crippen molar-refractivity contribution in [1.29, 1.82) is 0 Å². The number of nitrogens with one attached hydrogen (secondary N) is 2. The lowest BCUT2D eigenvalue weighted by Gasteiger charge is -2.16. The normalized spacial score (nSPS) is 14.6. The average Bonchev–Trinajstić information content (AvgIpc) is 2.78. The maximum atomic E-state index is 12.3. The van der Waals surface area contributed by atoms with Crippen molar-refractivity contribution in [2.45, 2.75) is 25.7 Å². The van der Waals surface area contributed by atoms with E-state index in [9.17, 15) is 9.59 Å². The lowest BCUT2D eigenvalue weighted by molar-refractivity contribution is -0.119. The molecule has 130 valence electrons. The number of anilines is 3. The standard InChI is InChI=1S/C20H23N3O2/c1-20(2)16-11-13(5-10-17(16)22-19(20)25)12-18(24)21-14-6-8-15(9-7-14)23(3)4/h5-11H,12H2,1-4H3,(H,21,24)(H,22,25). The largest absolute Gasteiger partial charge is 0.378 e. The first-order chi connectivity index (χ1) is 11.8. The van der Waals surface area contributed by atoms with Crippen LogP contribution in [-0.4, -0.2) is 25.9 Å². The van der Waals surface area contributed by atoms with Crippen LogP contribution in [0.2, 0.25) is 0 Å². The Bertz CT molecular complexity index is 823. The highest BCUT2D eigenvalue weighted by Gasteiger charge is 2.38. The molecule has 0 radical (unpaired) electrons. The fourth-order valence-electron chi connectivity index (χ4n) is 2.96. The van der Waals surface area contributed by atoms with E-state index in [1.807, 2.05) is 75.3 Å². The van der Waals surface area contributed by atoms with Crippen LogP contribution in [0.5, 0.6) is 0 Å². The second kappa shape index (κ2) is 6.24. The molecule has 0 saturated carbocycles. The number of benzene rings is 2. The Balaban J connectivity index is 1.70. The number of fused-ring (bicyclic) bond motifs is 1. The van der Waals surface area contributed by atoms with Crippen molar-refractivity contribution in [2.75, 3.05) is 29.6 Å². The summed E-state index contributed by atoms with van der Waals surface area (Å²) in [5, 5.41) is 5.79. The summed E-state index contributed by atoms with van der Waals surface area (Å²) >= 11 is 0. The molecule has 2 N–H and O–H groups in total. The Morgan fingerprint density at radius 1 is 1.12 bits per heavy atom. The van der Waals surface area contributed by atoms with E-state index < -0.39 is 5.41 Å². The number of carbonyl (C=O) groups excluding carboxylic acids is 2.